The lowest BCUT2D eigenvalue weighted by molar-refractivity contribution is -0.385. The van der Waals surface area contributed by atoms with Gasteiger partial charge in [-0.2, -0.15) is 5.10 Å². The second-order valence-electron chi connectivity index (χ2n) is 4.22. The Bertz CT molecular complexity index is 681. The number of hydrogen-bond acceptors (Lipinski definition) is 5. The molecule has 110 valence electrons. The van der Waals surface area contributed by atoms with Gasteiger partial charge >= 0.3 is 5.69 Å². The predicted molar refractivity (Wildman–Crippen MR) is 75.6 cm³/mol. The van der Waals surface area contributed by atoms with E-state index in [0.29, 0.717) is 12.2 Å². The fourth-order valence-electron chi connectivity index (χ4n) is 1.85. The average molecular weight is 290 g/mol. The first-order chi connectivity index (χ1) is 10.1. The van der Waals surface area contributed by atoms with Gasteiger partial charge in [0.15, 0.2) is 5.75 Å². The minimum Gasteiger partial charge on any atom is -0.490 e. The summed E-state index contributed by atoms with van der Waals surface area (Å²) in [6.07, 6.45) is 2.32. The lowest BCUT2D eigenvalue weighted by Gasteiger charge is -2.06. The molecule has 0 atom stereocenters. The number of nitrogens with one attached hydrogen (secondary N) is 2. The van der Waals surface area contributed by atoms with Gasteiger partial charge < -0.3 is 10.1 Å². The highest BCUT2D eigenvalue weighted by Crippen LogP contribution is 2.27. The zero-order valence-corrected chi connectivity index (χ0v) is 11.5. The van der Waals surface area contributed by atoms with Crippen molar-refractivity contribution in [1.29, 1.82) is 0 Å². The Balaban J connectivity index is 2.27. The van der Waals surface area contributed by atoms with Gasteiger partial charge in [-0.3, -0.25) is 20.0 Å². The molecule has 8 nitrogen and oxygen atoms in total. The molecule has 8 heteroatoms. The van der Waals surface area contributed by atoms with Crippen molar-refractivity contribution in [3.05, 3.63) is 45.6 Å². The van der Waals surface area contributed by atoms with Gasteiger partial charge in [-0.1, -0.05) is 6.92 Å². The molecule has 0 saturated carbocycles. The second kappa shape index (κ2) is 6.04. The Hall–Kier alpha value is -2.90. The predicted octanol–water partition coefficient (Wildman–Crippen LogP) is 2.14. The number of hydrogen-bond donors (Lipinski definition) is 2. The minimum absolute atomic E-state index is 0.104. The van der Waals surface area contributed by atoms with Crippen LogP contribution in [-0.2, 0) is 6.42 Å². The summed E-state index contributed by atoms with van der Waals surface area (Å²) >= 11 is 0. The summed E-state index contributed by atoms with van der Waals surface area (Å²) in [7, 11) is 1.33. The zero-order chi connectivity index (χ0) is 15.4. The highest BCUT2D eigenvalue weighted by atomic mass is 16.6. The Kier molecular flexibility index (Phi) is 4.17. The topological polar surface area (TPSA) is 110 Å². The van der Waals surface area contributed by atoms with Gasteiger partial charge in [0.05, 0.1) is 18.2 Å². The Labute approximate surface area is 120 Å². The maximum atomic E-state index is 12.1. The molecule has 0 bridgehead atoms. The van der Waals surface area contributed by atoms with Crippen molar-refractivity contribution in [3.8, 4) is 5.75 Å². The SMILES string of the molecule is CCc1cn[nH]c1NC(=O)c1ccc(OC)c([N+](=O)[O-])c1. The van der Waals surface area contributed by atoms with Crippen molar-refractivity contribution in [2.45, 2.75) is 13.3 Å². The molecule has 0 saturated heterocycles. The van der Waals surface area contributed by atoms with Crippen LogP contribution in [0.4, 0.5) is 11.5 Å². The van der Waals surface area contributed by atoms with Gasteiger partial charge in [0.1, 0.15) is 5.82 Å². The van der Waals surface area contributed by atoms with Crippen LogP contribution in [0.25, 0.3) is 0 Å². The number of amides is 1. The first kappa shape index (κ1) is 14.5. The summed E-state index contributed by atoms with van der Waals surface area (Å²) in [5.74, 6) is 0.132. The van der Waals surface area contributed by atoms with Crippen LogP contribution in [-0.4, -0.2) is 28.1 Å². The van der Waals surface area contributed by atoms with Crippen LogP contribution in [0.15, 0.2) is 24.4 Å². The molecule has 1 heterocycles. The van der Waals surface area contributed by atoms with E-state index in [1.54, 1.807) is 6.20 Å². The molecule has 2 aromatic rings. The van der Waals surface area contributed by atoms with Gasteiger partial charge in [-0.05, 0) is 18.6 Å². The van der Waals surface area contributed by atoms with Crippen LogP contribution in [0.5, 0.6) is 5.75 Å². The number of ether oxygens (including phenoxy) is 1. The van der Waals surface area contributed by atoms with Crippen LogP contribution in [0.2, 0.25) is 0 Å². The Morgan fingerprint density at radius 1 is 1.52 bits per heavy atom. The third kappa shape index (κ3) is 2.99. The quantitative estimate of drug-likeness (QED) is 0.647. The normalized spacial score (nSPS) is 10.2. The van der Waals surface area contributed by atoms with E-state index in [1.807, 2.05) is 6.92 Å². The number of aromatic nitrogens is 2. The van der Waals surface area contributed by atoms with Crippen molar-refractivity contribution in [2.24, 2.45) is 0 Å². The molecule has 0 unspecified atom stereocenters. The number of benzene rings is 1. The fourth-order valence-corrected chi connectivity index (χ4v) is 1.85. The van der Waals surface area contributed by atoms with E-state index in [-0.39, 0.29) is 17.0 Å². The van der Waals surface area contributed by atoms with E-state index < -0.39 is 10.8 Å². The number of nitro benzene ring substituents is 1. The van der Waals surface area contributed by atoms with Crippen molar-refractivity contribution in [3.63, 3.8) is 0 Å². The zero-order valence-electron chi connectivity index (χ0n) is 11.5. The number of nitro groups is 1. The van der Waals surface area contributed by atoms with Gasteiger partial charge in [-0.25, -0.2) is 0 Å². The molecule has 1 aromatic heterocycles. The highest BCUT2D eigenvalue weighted by Gasteiger charge is 2.19. The number of carbonyl (C=O) groups is 1. The molecule has 2 rings (SSSR count). The molecule has 0 aliphatic heterocycles. The van der Waals surface area contributed by atoms with Crippen molar-refractivity contribution >= 4 is 17.4 Å². The third-order valence-electron chi connectivity index (χ3n) is 2.98. The summed E-state index contributed by atoms with van der Waals surface area (Å²) in [6, 6.07) is 4.03. The molecule has 0 radical (unpaired) electrons. The van der Waals surface area contributed by atoms with Crippen LogP contribution in [0.3, 0.4) is 0 Å². The maximum absolute atomic E-state index is 12.1. The number of methoxy groups -OCH3 is 1. The number of rotatable bonds is 5. The van der Waals surface area contributed by atoms with Gasteiger partial charge in [0, 0.05) is 17.2 Å². The third-order valence-corrected chi connectivity index (χ3v) is 2.98. The monoisotopic (exact) mass is 290 g/mol. The first-order valence-corrected chi connectivity index (χ1v) is 6.22. The molecule has 1 aromatic carbocycles. The lowest BCUT2D eigenvalue weighted by Crippen LogP contribution is -2.13. The van der Waals surface area contributed by atoms with Crippen molar-refractivity contribution < 1.29 is 14.5 Å². The number of H-pyrrole nitrogens is 1. The van der Waals surface area contributed by atoms with Crippen LogP contribution in [0, 0.1) is 10.1 Å². The van der Waals surface area contributed by atoms with E-state index in [1.165, 1.54) is 25.3 Å². The Morgan fingerprint density at radius 3 is 2.90 bits per heavy atom. The molecule has 0 aliphatic carbocycles. The number of anilines is 1. The molecule has 0 spiro atoms. The maximum Gasteiger partial charge on any atom is 0.311 e. The lowest BCUT2D eigenvalue weighted by atomic mass is 10.1. The van der Waals surface area contributed by atoms with E-state index >= 15 is 0 Å². The number of aryl methyl sites for hydroxylation is 1. The fraction of sp³-hybridized carbons (Fsp3) is 0.231. The van der Waals surface area contributed by atoms with E-state index in [9.17, 15) is 14.9 Å². The molecule has 0 fully saturated rings. The summed E-state index contributed by atoms with van der Waals surface area (Å²) in [5.41, 5.74) is 0.760. The Morgan fingerprint density at radius 2 is 2.29 bits per heavy atom. The van der Waals surface area contributed by atoms with Crippen molar-refractivity contribution in [1.82, 2.24) is 10.2 Å². The van der Waals surface area contributed by atoms with Crippen LogP contribution < -0.4 is 10.1 Å². The molecule has 0 aliphatic rings. The van der Waals surface area contributed by atoms with E-state index in [0.717, 1.165) is 5.56 Å². The van der Waals surface area contributed by atoms with Gasteiger partial charge in [-0.15, -0.1) is 0 Å². The van der Waals surface area contributed by atoms with Crippen LogP contribution in [0.1, 0.15) is 22.8 Å². The molecule has 2 N–H and O–H groups in total. The number of aromatic amines is 1. The molecule has 21 heavy (non-hydrogen) atoms. The smallest absolute Gasteiger partial charge is 0.311 e. The standard InChI is InChI=1S/C13H14N4O4/c1-3-8-7-14-16-12(8)15-13(18)9-4-5-11(21-2)10(6-9)17(19)20/h4-7H,3H2,1-2H3,(H2,14,15,16,18). The molecular weight excluding hydrogens is 276 g/mol. The van der Waals surface area contributed by atoms with E-state index in [2.05, 4.69) is 15.5 Å². The summed E-state index contributed by atoms with van der Waals surface area (Å²) in [5, 5.41) is 20.1. The molecular formula is C13H14N4O4. The van der Waals surface area contributed by atoms with Gasteiger partial charge in [0.25, 0.3) is 5.91 Å². The summed E-state index contributed by atoms with van der Waals surface area (Å²) < 4.78 is 4.89. The van der Waals surface area contributed by atoms with Gasteiger partial charge in [0.2, 0.25) is 0 Å². The number of nitrogens with zero attached hydrogens (tertiary/aromatic N) is 2. The van der Waals surface area contributed by atoms with Crippen molar-refractivity contribution in [2.75, 3.05) is 12.4 Å². The minimum atomic E-state index is -0.594. The first-order valence-electron chi connectivity index (χ1n) is 6.22. The largest absolute Gasteiger partial charge is 0.490 e. The van der Waals surface area contributed by atoms with Crippen LogP contribution >= 0.6 is 0 Å². The summed E-state index contributed by atoms with van der Waals surface area (Å²) in [6.45, 7) is 1.93. The van der Waals surface area contributed by atoms with E-state index in [4.69, 9.17) is 4.74 Å². The highest BCUT2D eigenvalue weighted by molar-refractivity contribution is 6.04. The second-order valence-corrected chi connectivity index (χ2v) is 4.22. The molecule has 1 amide bonds. The summed E-state index contributed by atoms with van der Waals surface area (Å²) in [4.78, 5) is 22.5. The average Bonchev–Trinajstić information content (AvgIpc) is 2.93. The number of carbonyl (C=O) groups excluding carboxylic acids is 1.